The molecule has 1 aliphatic heterocycles. The second-order valence-electron chi connectivity index (χ2n) is 6.57. The van der Waals surface area contributed by atoms with Crippen molar-refractivity contribution in [2.45, 2.75) is 56.8 Å². The van der Waals surface area contributed by atoms with Crippen LogP contribution in [0.2, 0.25) is 0 Å². The summed E-state index contributed by atoms with van der Waals surface area (Å²) in [6.45, 7) is 1.02. The van der Waals surface area contributed by atoms with Crippen molar-refractivity contribution in [2.24, 2.45) is 5.73 Å². The number of hydrogen-bond donors (Lipinski definition) is 6. The number of likely N-dealkylation sites (tertiary alicyclic amines) is 1. The van der Waals surface area contributed by atoms with Crippen molar-refractivity contribution in [2.75, 3.05) is 13.1 Å². The molecule has 0 aromatic carbocycles. The molecule has 12 heteroatoms. The van der Waals surface area contributed by atoms with Crippen molar-refractivity contribution in [3.8, 4) is 0 Å². The third-order valence-corrected chi connectivity index (χ3v) is 4.34. The molecule has 28 heavy (non-hydrogen) atoms. The van der Waals surface area contributed by atoms with Crippen LogP contribution in [0.3, 0.4) is 0 Å². The maximum atomic E-state index is 12.2. The maximum Gasteiger partial charge on any atom is 0.326 e. The Morgan fingerprint density at radius 3 is 2.36 bits per heavy atom. The Morgan fingerprint density at radius 2 is 1.82 bits per heavy atom. The van der Waals surface area contributed by atoms with E-state index in [4.69, 9.17) is 15.9 Å². The molecule has 1 aliphatic rings. The molecule has 0 radical (unpaired) electrons. The van der Waals surface area contributed by atoms with Gasteiger partial charge in [-0.1, -0.05) is 0 Å². The monoisotopic (exact) mass is 402 g/mol. The minimum atomic E-state index is -1.41. The van der Waals surface area contributed by atoms with Crippen LogP contribution in [0, 0.1) is 0 Å². The van der Waals surface area contributed by atoms with Crippen LogP contribution in [0.15, 0.2) is 0 Å². The van der Waals surface area contributed by atoms with E-state index in [0.717, 1.165) is 4.90 Å². The number of carboxylic acid groups (broad SMARTS) is 2. The minimum absolute atomic E-state index is 0.153. The fourth-order valence-electron chi connectivity index (χ4n) is 2.77. The Morgan fingerprint density at radius 1 is 1.18 bits per heavy atom. The fraction of sp³-hybridized carbons (Fsp3) is 0.688. The molecule has 0 aromatic rings. The lowest BCUT2D eigenvalue weighted by Gasteiger charge is -2.24. The van der Waals surface area contributed by atoms with Gasteiger partial charge in [-0.15, -0.1) is 0 Å². The highest BCUT2D eigenvalue weighted by atomic mass is 16.4. The van der Waals surface area contributed by atoms with Crippen LogP contribution < -0.4 is 16.4 Å². The number of nitrogens with zero attached hydrogens (tertiary/aromatic N) is 1. The quantitative estimate of drug-likeness (QED) is 0.224. The molecule has 0 bridgehead atoms. The lowest BCUT2D eigenvalue weighted by Crippen LogP contribution is -2.57. The van der Waals surface area contributed by atoms with E-state index >= 15 is 0 Å². The zero-order chi connectivity index (χ0) is 21.4. The normalized spacial score (nSPS) is 19.4. The molecule has 0 saturated carbocycles. The number of carbonyl (C=O) groups excluding carboxylic acids is 3. The van der Waals surface area contributed by atoms with Gasteiger partial charge >= 0.3 is 11.9 Å². The molecule has 4 atom stereocenters. The van der Waals surface area contributed by atoms with Gasteiger partial charge in [-0.25, -0.2) is 4.79 Å². The molecule has 7 N–H and O–H groups in total. The van der Waals surface area contributed by atoms with Crippen molar-refractivity contribution in [3.63, 3.8) is 0 Å². The first-order valence-electron chi connectivity index (χ1n) is 8.80. The van der Waals surface area contributed by atoms with E-state index in [1.807, 2.05) is 0 Å². The maximum absolute atomic E-state index is 12.2. The molecule has 12 nitrogen and oxygen atoms in total. The van der Waals surface area contributed by atoms with E-state index in [1.54, 1.807) is 0 Å². The smallest absolute Gasteiger partial charge is 0.326 e. The number of nitrogens with one attached hydrogen (secondary N) is 2. The van der Waals surface area contributed by atoms with Gasteiger partial charge in [0.15, 0.2) is 0 Å². The largest absolute Gasteiger partial charge is 0.481 e. The standard InChI is InChI=1S/C16H26N4O8/c1-8(21)13(19-14(25)9(17)4-5-12(23)24)15(26)18-7-11(22)20-6-2-3-10(20)16(27)28/h8-10,13,21H,2-7,17H2,1H3,(H,18,26)(H,19,25)(H,23,24)(H,27,28). The zero-order valence-electron chi connectivity index (χ0n) is 15.5. The van der Waals surface area contributed by atoms with Crippen LogP contribution >= 0.6 is 0 Å². The van der Waals surface area contributed by atoms with Crippen LogP contribution in [0.5, 0.6) is 0 Å². The van der Waals surface area contributed by atoms with Crippen molar-refractivity contribution in [1.29, 1.82) is 0 Å². The zero-order valence-corrected chi connectivity index (χ0v) is 15.5. The van der Waals surface area contributed by atoms with E-state index in [-0.39, 0.29) is 19.4 Å². The summed E-state index contributed by atoms with van der Waals surface area (Å²) in [5.41, 5.74) is 5.56. The highest BCUT2D eigenvalue weighted by molar-refractivity contribution is 5.93. The number of carbonyl (C=O) groups is 5. The summed E-state index contributed by atoms with van der Waals surface area (Å²) in [6, 6.07) is -3.54. The average molecular weight is 402 g/mol. The Bertz CT molecular complexity index is 624. The summed E-state index contributed by atoms with van der Waals surface area (Å²) in [7, 11) is 0. The summed E-state index contributed by atoms with van der Waals surface area (Å²) in [5.74, 6) is -4.52. The van der Waals surface area contributed by atoms with Gasteiger partial charge in [0.2, 0.25) is 17.7 Å². The first kappa shape index (κ1) is 23.3. The van der Waals surface area contributed by atoms with Gasteiger partial charge in [0.1, 0.15) is 12.1 Å². The lowest BCUT2D eigenvalue weighted by molar-refractivity contribution is -0.148. The minimum Gasteiger partial charge on any atom is -0.481 e. The average Bonchev–Trinajstić information content (AvgIpc) is 3.11. The Labute approximate surface area is 161 Å². The topological polar surface area (TPSA) is 199 Å². The highest BCUT2D eigenvalue weighted by Crippen LogP contribution is 2.17. The second-order valence-corrected chi connectivity index (χ2v) is 6.57. The van der Waals surface area contributed by atoms with Crippen LogP contribution in [0.25, 0.3) is 0 Å². The highest BCUT2D eigenvalue weighted by Gasteiger charge is 2.34. The van der Waals surface area contributed by atoms with Gasteiger partial charge in [-0.3, -0.25) is 19.2 Å². The molecule has 1 rings (SSSR count). The third-order valence-electron chi connectivity index (χ3n) is 4.34. The number of amides is 3. The molecular weight excluding hydrogens is 376 g/mol. The van der Waals surface area contributed by atoms with Gasteiger partial charge in [0.25, 0.3) is 0 Å². The van der Waals surface area contributed by atoms with Crippen molar-refractivity contribution < 1.29 is 39.3 Å². The number of carboxylic acids is 2. The van der Waals surface area contributed by atoms with Crippen LogP contribution in [-0.4, -0.2) is 87.2 Å². The van der Waals surface area contributed by atoms with Gasteiger partial charge < -0.3 is 36.6 Å². The molecule has 1 fully saturated rings. The summed E-state index contributed by atoms with van der Waals surface area (Å²) >= 11 is 0. The summed E-state index contributed by atoms with van der Waals surface area (Å²) in [6.07, 6.45) is -0.939. The Kier molecular flexibility index (Phi) is 8.79. The van der Waals surface area contributed by atoms with E-state index in [0.29, 0.717) is 12.8 Å². The molecule has 0 aliphatic carbocycles. The van der Waals surface area contributed by atoms with Gasteiger partial charge in [0.05, 0.1) is 18.7 Å². The molecule has 1 heterocycles. The summed E-state index contributed by atoms with van der Waals surface area (Å²) in [5, 5.41) is 31.9. The lowest BCUT2D eigenvalue weighted by atomic mass is 10.1. The van der Waals surface area contributed by atoms with E-state index in [9.17, 15) is 29.1 Å². The number of hydrogen-bond acceptors (Lipinski definition) is 7. The van der Waals surface area contributed by atoms with E-state index in [1.165, 1.54) is 6.92 Å². The first-order valence-corrected chi connectivity index (χ1v) is 8.80. The Hall–Kier alpha value is -2.73. The molecule has 158 valence electrons. The molecule has 1 saturated heterocycles. The van der Waals surface area contributed by atoms with E-state index in [2.05, 4.69) is 10.6 Å². The number of aliphatic hydroxyl groups excluding tert-OH is 1. The van der Waals surface area contributed by atoms with Crippen molar-refractivity contribution in [1.82, 2.24) is 15.5 Å². The fourth-order valence-corrected chi connectivity index (χ4v) is 2.77. The third kappa shape index (κ3) is 6.78. The summed E-state index contributed by atoms with van der Waals surface area (Å²) in [4.78, 5) is 59.2. The van der Waals surface area contributed by atoms with E-state index < -0.39 is 60.4 Å². The number of aliphatic carboxylic acids is 2. The second kappa shape index (κ2) is 10.6. The van der Waals surface area contributed by atoms with Gasteiger partial charge in [0, 0.05) is 13.0 Å². The van der Waals surface area contributed by atoms with Gasteiger partial charge in [-0.2, -0.15) is 0 Å². The number of aliphatic hydroxyl groups is 1. The molecular formula is C16H26N4O8. The van der Waals surface area contributed by atoms with Gasteiger partial charge in [-0.05, 0) is 26.2 Å². The van der Waals surface area contributed by atoms with Crippen LogP contribution in [0.1, 0.15) is 32.6 Å². The van der Waals surface area contributed by atoms with Crippen molar-refractivity contribution >= 4 is 29.7 Å². The Balaban J connectivity index is 2.60. The predicted octanol–water partition coefficient (Wildman–Crippen LogP) is -2.76. The number of nitrogens with two attached hydrogens (primary N) is 1. The first-order chi connectivity index (χ1) is 13.0. The molecule has 4 unspecified atom stereocenters. The predicted molar refractivity (Wildman–Crippen MR) is 93.8 cm³/mol. The van der Waals surface area contributed by atoms with Crippen LogP contribution in [-0.2, 0) is 24.0 Å². The number of rotatable bonds is 10. The SMILES string of the molecule is CC(O)C(NC(=O)C(N)CCC(=O)O)C(=O)NCC(=O)N1CCCC1C(=O)O. The van der Waals surface area contributed by atoms with Crippen molar-refractivity contribution in [3.05, 3.63) is 0 Å². The molecule has 0 aromatic heterocycles. The molecule has 0 spiro atoms. The van der Waals surface area contributed by atoms with Crippen LogP contribution in [0.4, 0.5) is 0 Å². The molecule has 3 amide bonds. The summed E-state index contributed by atoms with van der Waals surface area (Å²) < 4.78 is 0.